The van der Waals surface area contributed by atoms with Gasteiger partial charge in [-0.05, 0) is 53.9 Å². The Labute approximate surface area is 188 Å². The van der Waals surface area contributed by atoms with Gasteiger partial charge in [0.25, 0.3) is 11.1 Å². The molecular weight excluding hydrogens is 466 g/mol. The van der Waals surface area contributed by atoms with Crippen molar-refractivity contribution in [3.63, 3.8) is 0 Å². The Balaban J connectivity index is 1.72. The highest BCUT2D eigenvalue weighted by atomic mass is 79.9. The van der Waals surface area contributed by atoms with E-state index in [4.69, 9.17) is 9.47 Å². The van der Waals surface area contributed by atoms with E-state index in [1.165, 1.54) is 10.5 Å². The summed E-state index contributed by atoms with van der Waals surface area (Å²) in [4.78, 5) is 26.8. The Bertz CT molecular complexity index is 975. The van der Waals surface area contributed by atoms with E-state index in [0.29, 0.717) is 29.6 Å². The molecule has 2 aromatic rings. The molecule has 7 heteroatoms. The monoisotopic (exact) mass is 487 g/mol. The SMILES string of the molecule is C=CCOc1cc(Br)c(/C=C2/SC(=O)N(CCCc3ccccc3)C2=O)cc1OC. The molecule has 0 aliphatic carbocycles. The van der Waals surface area contributed by atoms with Crippen LogP contribution in [0.15, 0.2) is 64.5 Å². The van der Waals surface area contributed by atoms with Gasteiger partial charge in [-0.2, -0.15) is 0 Å². The minimum absolute atomic E-state index is 0.242. The van der Waals surface area contributed by atoms with Crippen LogP contribution in [0, 0.1) is 0 Å². The number of carbonyl (C=O) groups excluding carboxylic acids is 2. The first kappa shape index (κ1) is 22.2. The third-order valence-electron chi connectivity index (χ3n) is 4.49. The lowest BCUT2D eigenvalue weighted by Crippen LogP contribution is -2.29. The average molecular weight is 488 g/mol. The van der Waals surface area contributed by atoms with Crippen molar-refractivity contribution in [3.05, 3.63) is 75.6 Å². The van der Waals surface area contributed by atoms with Gasteiger partial charge in [0.15, 0.2) is 11.5 Å². The van der Waals surface area contributed by atoms with Gasteiger partial charge in [0, 0.05) is 11.0 Å². The molecule has 3 rings (SSSR count). The van der Waals surface area contributed by atoms with E-state index in [1.807, 2.05) is 30.3 Å². The van der Waals surface area contributed by atoms with E-state index >= 15 is 0 Å². The molecule has 5 nitrogen and oxygen atoms in total. The van der Waals surface area contributed by atoms with Gasteiger partial charge in [-0.25, -0.2) is 0 Å². The van der Waals surface area contributed by atoms with Crippen LogP contribution in [0.2, 0.25) is 0 Å². The summed E-state index contributed by atoms with van der Waals surface area (Å²) in [6.45, 7) is 4.39. The molecule has 156 valence electrons. The van der Waals surface area contributed by atoms with Crippen LogP contribution in [-0.2, 0) is 11.2 Å². The van der Waals surface area contributed by atoms with Gasteiger partial charge in [0.1, 0.15) is 6.61 Å². The molecule has 1 saturated heterocycles. The van der Waals surface area contributed by atoms with Gasteiger partial charge in [-0.3, -0.25) is 14.5 Å². The van der Waals surface area contributed by atoms with Gasteiger partial charge < -0.3 is 9.47 Å². The molecule has 0 unspecified atom stereocenters. The first-order chi connectivity index (χ1) is 14.5. The van der Waals surface area contributed by atoms with Crippen molar-refractivity contribution in [2.75, 3.05) is 20.3 Å². The number of nitrogens with zero attached hydrogens (tertiary/aromatic N) is 1. The molecule has 2 aromatic carbocycles. The topological polar surface area (TPSA) is 55.8 Å². The third-order valence-corrected chi connectivity index (χ3v) is 6.08. The molecule has 0 N–H and O–H groups in total. The molecule has 2 amide bonds. The molecule has 1 aliphatic rings. The van der Waals surface area contributed by atoms with E-state index in [1.54, 1.807) is 31.4 Å². The number of ether oxygens (including phenoxy) is 2. The predicted molar refractivity (Wildman–Crippen MR) is 124 cm³/mol. The van der Waals surface area contributed by atoms with Crippen LogP contribution in [0.25, 0.3) is 6.08 Å². The summed E-state index contributed by atoms with van der Waals surface area (Å²) in [7, 11) is 1.55. The smallest absolute Gasteiger partial charge is 0.293 e. The van der Waals surface area contributed by atoms with E-state index < -0.39 is 0 Å². The fourth-order valence-corrected chi connectivity index (χ4v) is 4.30. The Morgan fingerprint density at radius 2 is 1.93 bits per heavy atom. The summed E-state index contributed by atoms with van der Waals surface area (Å²) >= 11 is 4.46. The van der Waals surface area contributed by atoms with E-state index in [9.17, 15) is 9.59 Å². The summed E-state index contributed by atoms with van der Waals surface area (Å²) in [5.41, 5.74) is 1.92. The zero-order valence-electron chi connectivity index (χ0n) is 16.6. The second kappa shape index (κ2) is 10.5. The number of hydrogen-bond donors (Lipinski definition) is 0. The standard InChI is InChI=1S/C23H22BrNO4S/c1-3-12-29-20-15-18(24)17(13-19(20)28-2)14-21-22(26)25(23(27)30-21)11-7-10-16-8-5-4-6-9-16/h3-6,8-9,13-15H,1,7,10-12H2,2H3/b21-14+. The number of amides is 2. The summed E-state index contributed by atoms with van der Waals surface area (Å²) < 4.78 is 11.7. The van der Waals surface area contributed by atoms with Crippen LogP contribution in [0.5, 0.6) is 11.5 Å². The van der Waals surface area contributed by atoms with Gasteiger partial charge in [0.2, 0.25) is 0 Å². The zero-order chi connectivity index (χ0) is 21.5. The number of aryl methyl sites for hydroxylation is 1. The van der Waals surface area contributed by atoms with Crippen molar-refractivity contribution >= 4 is 44.9 Å². The van der Waals surface area contributed by atoms with Crippen LogP contribution >= 0.6 is 27.7 Å². The molecule has 0 aromatic heterocycles. The number of carbonyl (C=O) groups is 2. The van der Waals surface area contributed by atoms with Crippen LogP contribution in [0.4, 0.5) is 4.79 Å². The summed E-state index contributed by atoms with van der Waals surface area (Å²) in [5, 5.41) is -0.242. The van der Waals surface area contributed by atoms with Gasteiger partial charge in [0.05, 0.1) is 12.0 Å². The van der Waals surface area contributed by atoms with Crippen LogP contribution < -0.4 is 9.47 Å². The van der Waals surface area contributed by atoms with E-state index in [0.717, 1.165) is 34.6 Å². The lowest BCUT2D eigenvalue weighted by atomic mass is 10.1. The Kier molecular flexibility index (Phi) is 7.76. The van der Waals surface area contributed by atoms with Gasteiger partial charge in [-0.1, -0.05) is 58.9 Å². The van der Waals surface area contributed by atoms with Gasteiger partial charge >= 0.3 is 0 Å². The second-order valence-electron chi connectivity index (χ2n) is 6.55. The van der Waals surface area contributed by atoms with E-state index in [2.05, 4.69) is 22.5 Å². The maximum Gasteiger partial charge on any atom is 0.293 e. The highest BCUT2D eigenvalue weighted by molar-refractivity contribution is 9.10. The van der Waals surface area contributed by atoms with Crippen molar-refractivity contribution < 1.29 is 19.1 Å². The molecule has 0 saturated carbocycles. The zero-order valence-corrected chi connectivity index (χ0v) is 19.0. The minimum Gasteiger partial charge on any atom is -0.493 e. The Morgan fingerprint density at radius 1 is 1.17 bits per heavy atom. The molecule has 1 aliphatic heterocycles. The number of halogens is 1. The number of methoxy groups -OCH3 is 1. The predicted octanol–water partition coefficient (Wildman–Crippen LogP) is 5.69. The second-order valence-corrected chi connectivity index (χ2v) is 8.39. The van der Waals surface area contributed by atoms with Crippen molar-refractivity contribution in [2.45, 2.75) is 12.8 Å². The average Bonchev–Trinajstić information content (AvgIpc) is 3.01. The van der Waals surface area contributed by atoms with Gasteiger partial charge in [-0.15, -0.1) is 0 Å². The quantitative estimate of drug-likeness (QED) is 0.335. The largest absolute Gasteiger partial charge is 0.493 e. The van der Waals surface area contributed by atoms with Crippen molar-refractivity contribution in [2.24, 2.45) is 0 Å². The molecule has 0 bridgehead atoms. The third kappa shape index (κ3) is 5.34. The Hall–Kier alpha value is -2.51. The van der Waals surface area contributed by atoms with E-state index in [-0.39, 0.29) is 11.1 Å². The molecule has 0 radical (unpaired) electrons. The van der Waals surface area contributed by atoms with Crippen LogP contribution in [0.1, 0.15) is 17.5 Å². The number of rotatable bonds is 9. The molecule has 0 spiro atoms. The number of hydrogen-bond acceptors (Lipinski definition) is 5. The fraction of sp³-hybridized carbons (Fsp3) is 0.217. The first-order valence-corrected chi connectivity index (χ1v) is 11.0. The van der Waals surface area contributed by atoms with Crippen molar-refractivity contribution in [3.8, 4) is 11.5 Å². The summed E-state index contributed by atoms with van der Waals surface area (Å²) in [6, 6.07) is 13.6. The Morgan fingerprint density at radius 3 is 2.63 bits per heavy atom. The van der Waals surface area contributed by atoms with Crippen LogP contribution in [0.3, 0.4) is 0 Å². The number of imide groups is 1. The molecular formula is C23H22BrNO4S. The highest BCUT2D eigenvalue weighted by Crippen LogP contribution is 2.38. The minimum atomic E-state index is -0.268. The molecule has 30 heavy (non-hydrogen) atoms. The normalized spacial score (nSPS) is 15.0. The molecule has 1 fully saturated rings. The summed E-state index contributed by atoms with van der Waals surface area (Å²) in [6.07, 6.45) is 4.89. The van der Waals surface area contributed by atoms with Crippen LogP contribution in [-0.4, -0.2) is 36.3 Å². The highest BCUT2D eigenvalue weighted by Gasteiger charge is 2.34. The van der Waals surface area contributed by atoms with Crippen molar-refractivity contribution in [1.82, 2.24) is 4.90 Å². The summed E-state index contributed by atoms with van der Waals surface area (Å²) in [5.74, 6) is 0.833. The first-order valence-electron chi connectivity index (χ1n) is 9.44. The molecule has 0 atom stereocenters. The number of thioether (sulfide) groups is 1. The maximum atomic E-state index is 12.8. The lowest BCUT2D eigenvalue weighted by molar-refractivity contribution is -0.122. The lowest BCUT2D eigenvalue weighted by Gasteiger charge is -2.13. The van der Waals surface area contributed by atoms with Crippen molar-refractivity contribution in [1.29, 1.82) is 0 Å². The maximum absolute atomic E-state index is 12.8. The fourth-order valence-electron chi connectivity index (χ4n) is 3.00. The molecule has 1 heterocycles. The number of benzene rings is 2.